The summed E-state index contributed by atoms with van der Waals surface area (Å²) in [5.74, 6) is -0.348. The van der Waals surface area contributed by atoms with Crippen LogP contribution in [0.2, 0.25) is 5.02 Å². The van der Waals surface area contributed by atoms with E-state index in [1.54, 1.807) is 17.4 Å². The summed E-state index contributed by atoms with van der Waals surface area (Å²) >= 11 is 7.84. The van der Waals surface area contributed by atoms with Gasteiger partial charge in [-0.05, 0) is 66.6 Å². The van der Waals surface area contributed by atoms with Crippen LogP contribution in [0.1, 0.15) is 11.1 Å². The Morgan fingerprint density at radius 2 is 1.77 bits per heavy atom. The number of halogens is 2. The summed E-state index contributed by atoms with van der Waals surface area (Å²) in [6, 6.07) is 18.7. The third-order valence-electron chi connectivity index (χ3n) is 6.20. The highest BCUT2D eigenvalue weighted by Crippen LogP contribution is 2.31. The van der Waals surface area contributed by atoms with Crippen molar-refractivity contribution in [3.8, 4) is 10.6 Å². The van der Waals surface area contributed by atoms with Gasteiger partial charge in [0.2, 0.25) is 5.91 Å². The Kier molecular flexibility index (Phi) is 7.11. The van der Waals surface area contributed by atoms with Crippen molar-refractivity contribution in [2.75, 3.05) is 38.0 Å². The number of aromatic nitrogens is 1. The first kappa shape index (κ1) is 23.9. The third kappa shape index (κ3) is 5.87. The predicted octanol–water partition coefficient (Wildman–Crippen LogP) is 5.82. The van der Waals surface area contributed by atoms with Gasteiger partial charge in [0.05, 0.1) is 16.8 Å². The van der Waals surface area contributed by atoms with Crippen molar-refractivity contribution in [1.82, 2.24) is 14.8 Å². The summed E-state index contributed by atoms with van der Waals surface area (Å²) < 4.78 is 14.4. The van der Waals surface area contributed by atoms with Gasteiger partial charge in [-0.2, -0.15) is 0 Å². The molecule has 0 bridgehead atoms. The molecule has 1 N–H and O–H groups in total. The minimum Gasteiger partial charge on any atom is -0.325 e. The van der Waals surface area contributed by atoms with Crippen LogP contribution in [-0.2, 0) is 11.3 Å². The van der Waals surface area contributed by atoms with E-state index in [1.807, 2.05) is 24.3 Å². The summed E-state index contributed by atoms with van der Waals surface area (Å²) in [7, 11) is 0. The van der Waals surface area contributed by atoms with E-state index in [2.05, 4.69) is 40.2 Å². The van der Waals surface area contributed by atoms with Crippen molar-refractivity contribution >= 4 is 44.7 Å². The number of nitrogens with one attached hydrogen (secondary N) is 1. The summed E-state index contributed by atoms with van der Waals surface area (Å²) in [5.41, 5.74) is 4.97. The number of carbonyl (C=O) groups is 1. The Hall–Kier alpha value is -2.84. The molecule has 1 amide bonds. The van der Waals surface area contributed by atoms with Gasteiger partial charge in [0.15, 0.2) is 0 Å². The van der Waals surface area contributed by atoms with Gasteiger partial charge in [-0.15, -0.1) is 11.3 Å². The lowest BCUT2D eigenvalue weighted by molar-refractivity contribution is -0.117. The maximum Gasteiger partial charge on any atom is 0.238 e. The molecule has 0 unspecified atom stereocenters. The number of aryl methyl sites for hydroxylation is 1. The van der Waals surface area contributed by atoms with E-state index in [9.17, 15) is 9.18 Å². The van der Waals surface area contributed by atoms with Crippen LogP contribution in [0.4, 0.5) is 10.1 Å². The van der Waals surface area contributed by atoms with Gasteiger partial charge in [-0.25, -0.2) is 9.37 Å². The fourth-order valence-corrected chi connectivity index (χ4v) is 5.55. The number of amides is 1. The molecule has 8 heteroatoms. The topological polar surface area (TPSA) is 48.5 Å². The quantitative estimate of drug-likeness (QED) is 0.356. The predicted molar refractivity (Wildman–Crippen MR) is 142 cm³/mol. The van der Waals surface area contributed by atoms with Gasteiger partial charge < -0.3 is 5.32 Å². The van der Waals surface area contributed by atoms with Crippen LogP contribution in [-0.4, -0.2) is 53.4 Å². The molecule has 1 aromatic heterocycles. The molecule has 1 aliphatic heterocycles. The Bertz CT molecular complexity index is 1350. The molecule has 0 atom stereocenters. The average molecular weight is 509 g/mol. The van der Waals surface area contributed by atoms with E-state index in [4.69, 9.17) is 16.6 Å². The number of rotatable bonds is 6. The van der Waals surface area contributed by atoms with Gasteiger partial charge in [0.25, 0.3) is 0 Å². The molecule has 180 valence electrons. The first-order valence-corrected chi connectivity index (χ1v) is 12.8. The minimum atomic E-state index is -0.323. The molecular formula is C27H26ClFN4OS. The largest absolute Gasteiger partial charge is 0.325 e. The maximum atomic E-state index is 13.3. The van der Waals surface area contributed by atoms with E-state index < -0.39 is 0 Å². The van der Waals surface area contributed by atoms with Crippen LogP contribution in [0, 0.1) is 12.7 Å². The van der Waals surface area contributed by atoms with Crippen LogP contribution < -0.4 is 5.32 Å². The maximum absolute atomic E-state index is 13.3. The van der Waals surface area contributed by atoms with Gasteiger partial charge in [0.1, 0.15) is 10.8 Å². The molecular weight excluding hydrogens is 483 g/mol. The summed E-state index contributed by atoms with van der Waals surface area (Å²) in [6.07, 6.45) is 0. The van der Waals surface area contributed by atoms with Gasteiger partial charge >= 0.3 is 0 Å². The van der Waals surface area contributed by atoms with Crippen molar-refractivity contribution in [2.24, 2.45) is 0 Å². The normalized spacial score (nSPS) is 14.9. The van der Waals surface area contributed by atoms with Crippen LogP contribution in [0.15, 0.2) is 60.7 Å². The number of nitrogens with zero attached hydrogens (tertiary/aromatic N) is 3. The molecule has 5 rings (SSSR count). The summed E-state index contributed by atoms with van der Waals surface area (Å²) in [4.78, 5) is 21.8. The van der Waals surface area contributed by atoms with Crippen molar-refractivity contribution in [3.05, 3.63) is 82.6 Å². The van der Waals surface area contributed by atoms with E-state index in [1.165, 1.54) is 22.4 Å². The molecule has 35 heavy (non-hydrogen) atoms. The number of piperazine rings is 1. The summed E-state index contributed by atoms with van der Waals surface area (Å²) in [5, 5.41) is 4.43. The van der Waals surface area contributed by atoms with E-state index in [-0.39, 0.29) is 11.7 Å². The molecule has 1 saturated heterocycles. The molecule has 1 fully saturated rings. The number of anilines is 1. The highest BCUT2D eigenvalue weighted by atomic mass is 35.5. The molecule has 1 aliphatic rings. The average Bonchev–Trinajstić information content (AvgIpc) is 3.26. The second-order valence-electron chi connectivity index (χ2n) is 8.90. The number of benzene rings is 3. The number of carbonyl (C=O) groups excluding carboxylic acids is 1. The van der Waals surface area contributed by atoms with E-state index in [0.717, 1.165) is 53.5 Å². The highest BCUT2D eigenvalue weighted by molar-refractivity contribution is 7.21. The molecule has 4 aromatic rings. The lowest BCUT2D eigenvalue weighted by atomic mass is 10.2. The van der Waals surface area contributed by atoms with Crippen LogP contribution >= 0.6 is 22.9 Å². The first-order chi connectivity index (χ1) is 16.9. The standard InChI is InChI=1S/C27H26ClFN4OS/c1-18-2-9-24-25(14-18)35-27(31-24)19-4-7-22(8-5-19)30-26(34)17-33-12-10-32(11-13-33)16-20-3-6-21(29)15-23(20)28/h2-9,14-15H,10-13,16-17H2,1H3,(H,30,34). The smallest absolute Gasteiger partial charge is 0.238 e. The Labute approximate surface area is 213 Å². The molecule has 0 radical (unpaired) electrons. The zero-order valence-electron chi connectivity index (χ0n) is 19.4. The zero-order chi connectivity index (χ0) is 24.4. The number of fused-ring (bicyclic) bond motifs is 1. The van der Waals surface area contributed by atoms with Crippen molar-refractivity contribution in [1.29, 1.82) is 0 Å². The van der Waals surface area contributed by atoms with Crippen LogP contribution in [0.25, 0.3) is 20.8 Å². The molecule has 0 aliphatic carbocycles. The molecule has 5 nitrogen and oxygen atoms in total. The number of hydrogen-bond donors (Lipinski definition) is 1. The monoisotopic (exact) mass is 508 g/mol. The van der Waals surface area contributed by atoms with Crippen molar-refractivity contribution in [2.45, 2.75) is 13.5 Å². The van der Waals surface area contributed by atoms with E-state index >= 15 is 0 Å². The summed E-state index contributed by atoms with van der Waals surface area (Å²) in [6.45, 7) is 6.36. The minimum absolute atomic E-state index is 0.0248. The SMILES string of the molecule is Cc1ccc2nc(-c3ccc(NC(=O)CN4CCN(Cc5ccc(F)cc5Cl)CC4)cc3)sc2c1. The van der Waals surface area contributed by atoms with Gasteiger partial charge in [-0.3, -0.25) is 14.6 Å². The van der Waals surface area contributed by atoms with Crippen molar-refractivity contribution in [3.63, 3.8) is 0 Å². The number of thiazole rings is 1. The zero-order valence-corrected chi connectivity index (χ0v) is 21.0. The fraction of sp³-hybridized carbons (Fsp3) is 0.259. The molecule has 3 aromatic carbocycles. The molecule has 0 saturated carbocycles. The molecule has 2 heterocycles. The van der Waals surface area contributed by atoms with E-state index in [0.29, 0.717) is 18.1 Å². The van der Waals surface area contributed by atoms with Gasteiger partial charge in [-0.1, -0.05) is 23.7 Å². The lowest BCUT2D eigenvalue weighted by Gasteiger charge is -2.34. The van der Waals surface area contributed by atoms with Gasteiger partial charge in [0, 0.05) is 49.0 Å². The lowest BCUT2D eigenvalue weighted by Crippen LogP contribution is -2.48. The second-order valence-corrected chi connectivity index (χ2v) is 10.3. The Morgan fingerprint density at radius 3 is 2.51 bits per heavy atom. The van der Waals surface area contributed by atoms with Crippen LogP contribution in [0.3, 0.4) is 0 Å². The Balaban J connectivity index is 1.11. The second kappa shape index (κ2) is 10.4. The highest BCUT2D eigenvalue weighted by Gasteiger charge is 2.20. The van der Waals surface area contributed by atoms with Crippen molar-refractivity contribution < 1.29 is 9.18 Å². The third-order valence-corrected chi connectivity index (χ3v) is 7.62. The molecule has 0 spiro atoms. The first-order valence-electron chi connectivity index (χ1n) is 11.6. The fourth-order valence-electron chi connectivity index (χ4n) is 4.25. The van der Waals surface area contributed by atoms with Crippen LogP contribution in [0.5, 0.6) is 0 Å². The number of hydrogen-bond acceptors (Lipinski definition) is 5. The Morgan fingerprint density at radius 1 is 1.03 bits per heavy atom.